The molecule has 1 N–H and O–H groups in total. The van der Waals surface area contributed by atoms with Crippen molar-refractivity contribution >= 4 is 11.6 Å². The highest BCUT2D eigenvalue weighted by Gasteiger charge is 2.20. The molecule has 0 aromatic heterocycles. The highest BCUT2D eigenvalue weighted by molar-refractivity contribution is 5.76. The summed E-state index contributed by atoms with van der Waals surface area (Å²) in [6.45, 7) is 2.38. The first-order chi connectivity index (χ1) is 11.8. The van der Waals surface area contributed by atoms with Gasteiger partial charge in [0.25, 0.3) is 0 Å². The third kappa shape index (κ3) is 4.75. The first kappa shape index (κ1) is 16.4. The van der Waals surface area contributed by atoms with Gasteiger partial charge in [-0.3, -0.25) is 4.79 Å². The lowest BCUT2D eigenvalue weighted by atomic mass is 10.0. The number of rotatable bonds is 6. The number of nitrogens with one attached hydrogen (secondary N) is 1. The maximum absolute atomic E-state index is 12.0. The number of hydrogen-bond donors (Lipinski definition) is 1. The number of carbonyl (C=O) groups excluding carboxylic acids is 1. The Kier molecular flexibility index (Phi) is 5.72. The van der Waals surface area contributed by atoms with Crippen molar-refractivity contribution in [1.29, 1.82) is 0 Å². The molecule has 126 valence electrons. The van der Waals surface area contributed by atoms with E-state index in [1.54, 1.807) is 0 Å². The molecule has 2 aromatic rings. The number of amides is 1. The first-order valence-electron chi connectivity index (χ1n) is 8.58. The van der Waals surface area contributed by atoms with Gasteiger partial charge in [0.2, 0.25) is 5.91 Å². The Bertz CT molecular complexity index is 623. The molecule has 0 spiro atoms. The highest BCUT2D eigenvalue weighted by Crippen LogP contribution is 2.19. The fourth-order valence-corrected chi connectivity index (χ4v) is 3.00. The van der Waals surface area contributed by atoms with E-state index < -0.39 is 0 Å². The van der Waals surface area contributed by atoms with E-state index in [2.05, 4.69) is 34.5 Å². The van der Waals surface area contributed by atoms with Gasteiger partial charge in [0, 0.05) is 24.8 Å². The molecule has 3 rings (SSSR count). The van der Waals surface area contributed by atoms with Gasteiger partial charge in [-0.2, -0.15) is 0 Å². The molecule has 0 bridgehead atoms. The molecule has 0 aliphatic carbocycles. The second kappa shape index (κ2) is 8.39. The van der Waals surface area contributed by atoms with Crippen LogP contribution in [0, 0.1) is 0 Å². The average Bonchev–Trinajstić information content (AvgIpc) is 2.64. The van der Waals surface area contributed by atoms with Crippen LogP contribution in [0.25, 0.3) is 0 Å². The summed E-state index contributed by atoms with van der Waals surface area (Å²) in [5.74, 6) is 0.880. The van der Waals surface area contributed by atoms with Gasteiger partial charge in [0.15, 0.2) is 0 Å². The molecule has 1 aliphatic heterocycles. The maximum atomic E-state index is 12.0. The van der Waals surface area contributed by atoms with Crippen LogP contribution in [0.5, 0.6) is 5.75 Å². The minimum atomic E-state index is 0.0732. The Morgan fingerprint density at radius 3 is 2.29 bits per heavy atom. The lowest BCUT2D eigenvalue weighted by Gasteiger charge is -2.34. The van der Waals surface area contributed by atoms with E-state index in [1.807, 2.05) is 36.4 Å². The smallest absolute Gasteiger partial charge is 0.223 e. The van der Waals surface area contributed by atoms with Gasteiger partial charge >= 0.3 is 0 Å². The van der Waals surface area contributed by atoms with Crippen LogP contribution in [-0.4, -0.2) is 31.6 Å². The molecule has 4 heteroatoms. The van der Waals surface area contributed by atoms with E-state index >= 15 is 0 Å². The minimum Gasteiger partial charge on any atom is -0.493 e. The first-order valence-corrected chi connectivity index (χ1v) is 8.58. The summed E-state index contributed by atoms with van der Waals surface area (Å²) in [5.41, 5.74) is 1.26. The summed E-state index contributed by atoms with van der Waals surface area (Å²) in [7, 11) is 0. The zero-order valence-corrected chi connectivity index (χ0v) is 13.9. The van der Waals surface area contributed by atoms with Crippen LogP contribution in [0.3, 0.4) is 0 Å². The molecule has 1 fully saturated rings. The van der Waals surface area contributed by atoms with Crippen LogP contribution in [0.2, 0.25) is 0 Å². The summed E-state index contributed by atoms with van der Waals surface area (Å²) in [6.07, 6.45) is 2.37. The fourth-order valence-electron chi connectivity index (χ4n) is 3.00. The predicted octanol–water partition coefficient (Wildman–Crippen LogP) is 3.24. The largest absolute Gasteiger partial charge is 0.493 e. The summed E-state index contributed by atoms with van der Waals surface area (Å²) in [5, 5.41) is 3.13. The van der Waals surface area contributed by atoms with Crippen LogP contribution < -0.4 is 15.0 Å². The van der Waals surface area contributed by atoms with Crippen molar-refractivity contribution in [2.24, 2.45) is 0 Å². The van der Waals surface area contributed by atoms with Gasteiger partial charge in [0.1, 0.15) is 5.75 Å². The molecular weight excluding hydrogens is 300 g/mol. The summed E-state index contributed by atoms with van der Waals surface area (Å²) in [6, 6.07) is 20.3. The zero-order chi connectivity index (χ0) is 16.6. The summed E-state index contributed by atoms with van der Waals surface area (Å²) < 4.78 is 5.57. The Hall–Kier alpha value is -2.49. The van der Waals surface area contributed by atoms with Crippen molar-refractivity contribution in [1.82, 2.24) is 5.32 Å². The van der Waals surface area contributed by atoms with Gasteiger partial charge in [-0.15, -0.1) is 0 Å². The SMILES string of the molecule is O=C(CCOc1ccccc1)NC1CCN(c2ccccc2)CC1. The molecule has 2 aromatic carbocycles. The Balaban J connectivity index is 1.36. The molecule has 24 heavy (non-hydrogen) atoms. The Morgan fingerprint density at radius 2 is 1.62 bits per heavy atom. The van der Waals surface area contributed by atoms with E-state index in [-0.39, 0.29) is 11.9 Å². The lowest BCUT2D eigenvalue weighted by molar-refractivity contribution is -0.122. The molecule has 0 unspecified atom stereocenters. The predicted molar refractivity (Wildman–Crippen MR) is 96.4 cm³/mol. The number of anilines is 1. The van der Waals surface area contributed by atoms with Crippen LogP contribution in [0.1, 0.15) is 19.3 Å². The topological polar surface area (TPSA) is 41.6 Å². The zero-order valence-electron chi connectivity index (χ0n) is 13.9. The normalized spacial score (nSPS) is 15.1. The third-order valence-electron chi connectivity index (χ3n) is 4.32. The molecule has 0 radical (unpaired) electrons. The number of para-hydroxylation sites is 2. The van der Waals surface area contributed by atoms with Crippen molar-refractivity contribution in [2.45, 2.75) is 25.3 Å². The number of piperidine rings is 1. The van der Waals surface area contributed by atoms with Gasteiger partial charge < -0.3 is 15.0 Å². The van der Waals surface area contributed by atoms with Crippen LogP contribution in [-0.2, 0) is 4.79 Å². The highest BCUT2D eigenvalue weighted by atomic mass is 16.5. The van der Waals surface area contributed by atoms with E-state index in [0.717, 1.165) is 31.7 Å². The number of nitrogens with zero attached hydrogens (tertiary/aromatic N) is 1. The molecule has 1 amide bonds. The van der Waals surface area contributed by atoms with Crippen LogP contribution >= 0.6 is 0 Å². The van der Waals surface area contributed by atoms with Crippen molar-refractivity contribution in [3.05, 3.63) is 60.7 Å². The maximum Gasteiger partial charge on any atom is 0.223 e. The molecule has 1 saturated heterocycles. The summed E-state index contributed by atoms with van der Waals surface area (Å²) >= 11 is 0. The van der Waals surface area contributed by atoms with E-state index in [4.69, 9.17) is 4.74 Å². The number of ether oxygens (including phenoxy) is 1. The molecule has 1 aliphatic rings. The van der Waals surface area contributed by atoms with E-state index in [9.17, 15) is 4.79 Å². The molecule has 0 atom stereocenters. The number of carbonyl (C=O) groups is 1. The van der Waals surface area contributed by atoms with Crippen molar-refractivity contribution in [3.63, 3.8) is 0 Å². The molecule has 4 nitrogen and oxygen atoms in total. The van der Waals surface area contributed by atoms with Gasteiger partial charge in [0.05, 0.1) is 13.0 Å². The van der Waals surface area contributed by atoms with E-state index in [0.29, 0.717) is 13.0 Å². The van der Waals surface area contributed by atoms with Crippen molar-refractivity contribution < 1.29 is 9.53 Å². The average molecular weight is 324 g/mol. The Labute approximate surface area is 143 Å². The quantitative estimate of drug-likeness (QED) is 0.887. The monoisotopic (exact) mass is 324 g/mol. The summed E-state index contributed by atoms with van der Waals surface area (Å²) in [4.78, 5) is 14.4. The van der Waals surface area contributed by atoms with Crippen molar-refractivity contribution in [2.75, 3.05) is 24.6 Å². The minimum absolute atomic E-state index is 0.0732. The second-order valence-corrected chi connectivity index (χ2v) is 6.08. The standard InChI is InChI=1S/C20H24N2O2/c23-20(13-16-24-19-9-5-2-6-10-19)21-17-11-14-22(15-12-17)18-7-3-1-4-8-18/h1-10,17H,11-16H2,(H,21,23). The van der Waals surface area contributed by atoms with Gasteiger partial charge in [-0.25, -0.2) is 0 Å². The van der Waals surface area contributed by atoms with Crippen LogP contribution in [0.4, 0.5) is 5.69 Å². The fraction of sp³-hybridized carbons (Fsp3) is 0.350. The molecular formula is C20H24N2O2. The number of benzene rings is 2. The number of hydrogen-bond acceptors (Lipinski definition) is 3. The van der Waals surface area contributed by atoms with Gasteiger partial charge in [-0.1, -0.05) is 36.4 Å². The van der Waals surface area contributed by atoms with E-state index in [1.165, 1.54) is 5.69 Å². The third-order valence-corrected chi connectivity index (χ3v) is 4.32. The second-order valence-electron chi connectivity index (χ2n) is 6.08. The van der Waals surface area contributed by atoms with Crippen molar-refractivity contribution in [3.8, 4) is 5.75 Å². The molecule has 1 heterocycles. The Morgan fingerprint density at radius 1 is 1.00 bits per heavy atom. The van der Waals surface area contributed by atoms with Gasteiger partial charge in [-0.05, 0) is 37.1 Å². The van der Waals surface area contributed by atoms with Crippen LogP contribution in [0.15, 0.2) is 60.7 Å². The molecule has 0 saturated carbocycles. The lowest BCUT2D eigenvalue weighted by Crippen LogP contribution is -2.45.